The van der Waals surface area contributed by atoms with E-state index in [1.54, 1.807) is 6.20 Å². The van der Waals surface area contributed by atoms with Gasteiger partial charge in [-0.3, -0.25) is 9.78 Å². The molecule has 1 aromatic heterocycles. The van der Waals surface area contributed by atoms with E-state index < -0.39 is 0 Å². The van der Waals surface area contributed by atoms with Crippen LogP contribution < -0.4 is 0 Å². The van der Waals surface area contributed by atoms with E-state index in [1.165, 1.54) is 5.56 Å². The monoisotopic (exact) mass is 378 g/mol. The predicted octanol–water partition coefficient (Wildman–Crippen LogP) is 3.32. The van der Waals surface area contributed by atoms with Gasteiger partial charge in [-0.1, -0.05) is 6.07 Å². The van der Waals surface area contributed by atoms with Crippen molar-refractivity contribution in [3.8, 4) is 0 Å². The Morgan fingerprint density at radius 3 is 2.75 bits per heavy atom. The second-order valence-electron chi connectivity index (χ2n) is 5.03. The zero-order chi connectivity index (χ0) is 13.9. The number of halogens is 1. The molecule has 0 spiro atoms. The largest absolute Gasteiger partial charge is 0.338 e. The van der Waals surface area contributed by atoms with Crippen LogP contribution in [-0.4, -0.2) is 28.9 Å². The summed E-state index contributed by atoms with van der Waals surface area (Å²) in [5.74, 6) is 0.546. The van der Waals surface area contributed by atoms with Crippen molar-refractivity contribution in [2.45, 2.75) is 12.3 Å². The van der Waals surface area contributed by atoms with Crippen LogP contribution in [-0.2, 0) is 0 Å². The van der Waals surface area contributed by atoms with E-state index in [-0.39, 0.29) is 5.91 Å². The van der Waals surface area contributed by atoms with E-state index in [2.05, 4.69) is 33.6 Å². The smallest absolute Gasteiger partial charge is 0.253 e. The minimum atomic E-state index is 0.132. The number of likely N-dealkylation sites (tertiary alicyclic amines) is 1. The van der Waals surface area contributed by atoms with Gasteiger partial charge in [0.25, 0.3) is 5.91 Å². The second-order valence-corrected chi connectivity index (χ2v) is 6.28. The van der Waals surface area contributed by atoms with E-state index >= 15 is 0 Å². The van der Waals surface area contributed by atoms with Crippen molar-refractivity contribution in [3.63, 3.8) is 0 Å². The molecule has 0 aliphatic carbocycles. The summed E-state index contributed by atoms with van der Waals surface area (Å²) < 4.78 is 1.15. The Morgan fingerprint density at radius 2 is 2.05 bits per heavy atom. The lowest BCUT2D eigenvalue weighted by Crippen LogP contribution is -2.28. The van der Waals surface area contributed by atoms with Crippen molar-refractivity contribution < 1.29 is 4.79 Å². The minimum absolute atomic E-state index is 0.132. The number of hydrogen-bond acceptors (Lipinski definition) is 2. The summed E-state index contributed by atoms with van der Waals surface area (Å²) in [6, 6.07) is 11.8. The van der Waals surface area contributed by atoms with Gasteiger partial charge in [0.15, 0.2) is 0 Å². The van der Waals surface area contributed by atoms with Gasteiger partial charge in [-0.2, -0.15) is 0 Å². The van der Waals surface area contributed by atoms with Crippen molar-refractivity contribution in [2.75, 3.05) is 13.1 Å². The molecular weight excluding hydrogens is 363 g/mol. The fraction of sp³-hybridized carbons (Fsp3) is 0.250. The summed E-state index contributed by atoms with van der Waals surface area (Å²) in [4.78, 5) is 18.6. The van der Waals surface area contributed by atoms with Crippen LogP contribution in [0.3, 0.4) is 0 Å². The van der Waals surface area contributed by atoms with Crippen LogP contribution >= 0.6 is 22.6 Å². The Kier molecular flexibility index (Phi) is 4.00. The first-order valence-corrected chi connectivity index (χ1v) is 7.76. The molecule has 0 radical (unpaired) electrons. The molecule has 1 amide bonds. The molecule has 1 fully saturated rings. The molecule has 1 aliphatic rings. The lowest BCUT2D eigenvalue weighted by atomic mass is 10.0. The van der Waals surface area contributed by atoms with E-state index in [4.69, 9.17) is 0 Å². The predicted molar refractivity (Wildman–Crippen MR) is 86.7 cm³/mol. The molecular formula is C16H15IN2O. The van der Waals surface area contributed by atoms with E-state index in [9.17, 15) is 4.79 Å². The SMILES string of the molecule is O=C(c1ccc(I)cc1)N1CC[C@@H](c2cccnc2)C1. The summed E-state index contributed by atoms with van der Waals surface area (Å²) in [5, 5.41) is 0. The molecule has 0 N–H and O–H groups in total. The standard InChI is InChI=1S/C16H15IN2O/c17-15-5-3-12(4-6-15)16(20)19-9-7-14(11-19)13-2-1-8-18-10-13/h1-6,8,10,14H,7,9,11H2/t14-/m1/s1. The van der Waals surface area contributed by atoms with Gasteiger partial charge >= 0.3 is 0 Å². The van der Waals surface area contributed by atoms with Crippen molar-refractivity contribution >= 4 is 28.5 Å². The fourth-order valence-electron chi connectivity index (χ4n) is 2.61. The molecule has 3 nitrogen and oxygen atoms in total. The molecule has 2 heterocycles. The number of hydrogen-bond donors (Lipinski definition) is 0. The Balaban J connectivity index is 1.71. The zero-order valence-corrected chi connectivity index (χ0v) is 13.2. The summed E-state index contributed by atoms with van der Waals surface area (Å²) in [7, 11) is 0. The normalized spacial score (nSPS) is 18.2. The highest BCUT2D eigenvalue weighted by atomic mass is 127. The van der Waals surface area contributed by atoms with E-state index in [0.29, 0.717) is 5.92 Å². The van der Waals surface area contributed by atoms with E-state index in [1.807, 2.05) is 41.4 Å². The number of carbonyl (C=O) groups excluding carboxylic acids is 1. The van der Waals surface area contributed by atoms with Crippen LogP contribution in [0.2, 0.25) is 0 Å². The first kappa shape index (κ1) is 13.5. The highest BCUT2D eigenvalue weighted by molar-refractivity contribution is 14.1. The van der Waals surface area contributed by atoms with Gasteiger partial charge in [-0.25, -0.2) is 0 Å². The molecule has 0 unspecified atom stereocenters. The summed E-state index contributed by atoms with van der Waals surface area (Å²) in [6.07, 6.45) is 4.71. The third-order valence-corrected chi connectivity index (χ3v) is 4.44. The highest BCUT2D eigenvalue weighted by Gasteiger charge is 2.27. The summed E-state index contributed by atoms with van der Waals surface area (Å²) in [6.45, 7) is 1.61. The maximum absolute atomic E-state index is 12.4. The quantitative estimate of drug-likeness (QED) is 0.752. The van der Waals surface area contributed by atoms with Gasteiger partial charge in [0.05, 0.1) is 0 Å². The number of aromatic nitrogens is 1. The number of benzene rings is 1. The average Bonchev–Trinajstić information content (AvgIpc) is 2.98. The second kappa shape index (κ2) is 5.91. The van der Waals surface area contributed by atoms with Gasteiger partial charge in [-0.15, -0.1) is 0 Å². The lowest BCUT2D eigenvalue weighted by molar-refractivity contribution is 0.0791. The molecule has 0 bridgehead atoms. The first-order valence-electron chi connectivity index (χ1n) is 6.69. The first-order chi connectivity index (χ1) is 9.74. The van der Waals surface area contributed by atoms with Gasteiger partial charge in [0.1, 0.15) is 0 Å². The molecule has 1 saturated heterocycles. The third kappa shape index (κ3) is 2.85. The van der Waals surface area contributed by atoms with Crippen molar-refractivity contribution in [1.29, 1.82) is 0 Å². The van der Waals surface area contributed by atoms with Crippen LogP contribution in [0.15, 0.2) is 48.8 Å². The Bertz CT molecular complexity index is 598. The Labute approximate surface area is 132 Å². The lowest BCUT2D eigenvalue weighted by Gasteiger charge is -2.16. The summed E-state index contributed by atoms with van der Waals surface area (Å²) in [5.41, 5.74) is 2.00. The van der Waals surface area contributed by atoms with Crippen LogP contribution in [0.25, 0.3) is 0 Å². The van der Waals surface area contributed by atoms with Crippen molar-refractivity contribution in [2.24, 2.45) is 0 Å². The maximum Gasteiger partial charge on any atom is 0.253 e. The fourth-order valence-corrected chi connectivity index (χ4v) is 2.97. The van der Waals surface area contributed by atoms with Crippen molar-refractivity contribution in [1.82, 2.24) is 9.88 Å². The van der Waals surface area contributed by atoms with Crippen LogP contribution in [0.1, 0.15) is 28.3 Å². The number of nitrogens with zero attached hydrogens (tertiary/aromatic N) is 2. The third-order valence-electron chi connectivity index (χ3n) is 3.72. The minimum Gasteiger partial charge on any atom is -0.338 e. The molecule has 1 atom stereocenters. The van der Waals surface area contributed by atoms with Crippen molar-refractivity contribution in [3.05, 3.63) is 63.5 Å². The topological polar surface area (TPSA) is 33.2 Å². The Morgan fingerprint density at radius 1 is 1.25 bits per heavy atom. The van der Waals surface area contributed by atoms with Crippen LogP contribution in [0.4, 0.5) is 0 Å². The maximum atomic E-state index is 12.4. The molecule has 20 heavy (non-hydrogen) atoms. The molecule has 102 valence electrons. The van der Waals surface area contributed by atoms with Gasteiger partial charge < -0.3 is 4.90 Å². The molecule has 4 heteroatoms. The number of pyridine rings is 1. The van der Waals surface area contributed by atoms with Gasteiger partial charge in [-0.05, 0) is 64.9 Å². The molecule has 3 rings (SSSR count). The highest BCUT2D eigenvalue weighted by Crippen LogP contribution is 2.27. The van der Waals surface area contributed by atoms with Crippen LogP contribution in [0.5, 0.6) is 0 Å². The zero-order valence-electron chi connectivity index (χ0n) is 11.0. The summed E-state index contributed by atoms with van der Waals surface area (Å²) >= 11 is 2.25. The average molecular weight is 378 g/mol. The van der Waals surface area contributed by atoms with Crippen LogP contribution in [0, 0.1) is 3.57 Å². The Hall–Kier alpha value is -1.43. The molecule has 1 aliphatic heterocycles. The number of rotatable bonds is 2. The molecule has 2 aromatic rings. The molecule has 0 saturated carbocycles. The molecule has 1 aromatic carbocycles. The van der Waals surface area contributed by atoms with Gasteiger partial charge in [0, 0.05) is 40.5 Å². The number of amides is 1. The van der Waals surface area contributed by atoms with E-state index in [0.717, 1.165) is 28.6 Å². The van der Waals surface area contributed by atoms with Gasteiger partial charge in [0.2, 0.25) is 0 Å². The number of carbonyl (C=O) groups is 1.